The van der Waals surface area contributed by atoms with E-state index < -0.39 is 16.9 Å². The highest BCUT2D eigenvalue weighted by Gasteiger charge is 2.45. The summed E-state index contributed by atoms with van der Waals surface area (Å²) >= 11 is 1.19. The Balaban J connectivity index is 1.83. The molecule has 5 rings (SSSR count). The molecule has 154 valence electrons. The molecule has 0 radical (unpaired) electrons. The standard InChI is InChI=1S/C21H14N4O5S/c1-10-6-7-15-14(8-10)18(26)16-17(12-4-3-5-13(9-12)25(28)29)24(20(27)19(16)30-15)21-23-22-11(2)31-21/h3-9,17H,1-2H3/t17-/m0/s1. The quantitative estimate of drug-likeness (QED) is 0.354. The summed E-state index contributed by atoms with van der Waals surface area (Å²) in [6.45, 7) is 3.60. The molecule has 0 N–H and O–H groups in total. The fraction of sp³-hybridized carbons (Fsp3) is 0.143. The molecule has 2 aromatic carbocycles. The van der Waals surface area contributed by atoms with Gasteiger partial charge >= 0.3 is 0 Å². The van der Waals surface area contributed by atoms with Crippen molar-refractivity contribution in [1.29, 1.82) is 0 Å². The van der Waals surface area contributed by atoms with Gasteiger partial charge in [0.05, 0.1) is 21.9 Å². The first-order chi connectivity index (χ1) is 14.8. The Morgan fingerprint density at radius 2 is 1.94 bits per heavy atom. The monoisotopic (exact) mass is 434 g/mol. The van der Waals surface area contributed by atoms with Crippen molar-refractivity contribution in [2.24, 2.45) is 0 Å². The zero-order valence-corrected chi connectivity index (χ0v) is 17.2. The zero-order chi connectivity index (χ0) is 21.9. The molecule has 1 aliphatic rings. The van der Waals surface area contributed by atoms with Crippen LogP contribution in [0.1, 0.15) is 38.3 Å². The molecule has 0 saturated heterocycles. The number of carbonyl (C=O) groups is 1. The van der Waals surface area contributed by atoms with Crippen molar-refractivity contribution < 1.29 is 14.1 Å². The number of hydrogen-bond acceptors (Lipinski definition) is 8. The molecule has 0 aliphatic carbocycles. The summed E-state index contributed by atoms with van der Waals surface area (Å²) in [4.78, 5) is 39.0. The van der Waals surface area contributed by atoms with Gasteiger partial charge in [-0.3, -0.25) is 24.6 Å². The maximum absolute atomic E-state index is 13.5. The molecule has 31 heavy (non-hydrogen) atoms. The van der Waals surface area contributed by atoms with Crippen LogP contribution < -0.4 is 10.3 Å². The van der Waals surface area contributed by atoms with Crippen molar-refractivity contribution in [3.8, 4) is 0 Å². The lowest BCUT2D eigenvalue weighted by atomic mass is 9.98. The molecular formula is C21H14N4O5S. The van der Waals surface area contributed by atoms with Crippen LogP contribution in [0.15, 0.2) is 51.7 Å². The number of amides is 1. The van der Waals surface area contributed by atoms with Crippen molar-refractivity contribution in [1.82, 2.24) is 10.2 Å². The van der Waals surface area contributed by atoms with E-state index in [0.29, 0.717) is 21.5 Å². The molecule has 1 aliphatic heterocycles. The van der Waals surface area contributed by atoms with Gasteiger partial charge in [0.2, 0.25) is 10.9 Å². The summed E-state index contributed by atoms with van der Waals surface area (Å²) in [5.74, 6) is -0.632. The number of fused-ring (bicyclic) bond motifs is 2. The number of aromatic nitrogens is 2. The highest BCUT2D eigenvalue weighted by molar-refractivity contribution is 7.15. The normalized spacial score (nSPS) is 15.5. The largest absolute Gasteiger partial charge is 0.450 e. The summed E-state index contributed by atoms with van der Waals surface area (Å²) in [6, 6.07) is 10.1. The van der Waals surface area contributed by atoms with E-state index in [1.165, 1.54) is 34.4 Å². The Morgan fingerprint density at radius 3 is 2.65 bits per heavy atom. The van der Waals surface area contributed by atoms with Crippen LogP contribution in [0.5, 0.6) is 0 Å². The van der Waals surface area contributed by atoms with Crippen LogP contribution in [-0.4, -0.2) is 21.0 Å². The molecular weight excluding hydrogens is 420 g/mol. The third-order valence-electron chi connectivity index (χ3n) is 5.14. The minimum atomic E-state index is -0.920. The molecule has 0 fully saturated rings. The molecule has 9 nitrogen and oxygen atoms in total. The van der Waals surface area contributed by atoms with Gasteiger partial charge in [0.1, 0.15) is 10.6 Å². The lowest BCUT2D eigenvalue weighted by Crippen LogP contribution is -2.29. The van der Waals surface area contributed by atoms with Gasteiger partial charge in [-0.25, -0.2) is 0 Å². The van der Waals surface area contributed by atoms with E-state index in [4.69, 9.17) is 4.42 Å². The van der Waals surface area contributed by atoms with E-state index in [9.17, 15) is 19.7 Å². The Bertz CT molecular complexity index is 1460. The van der Waals surface area contributed by atoms with Crippen molar-refractivity contribution in [3.63, 3.8) is 0 Å². The topological polar surface area (TPSA) is 119 Å². The van der Waals surface area contributed by atoms with E-state index in [1.54, 1.807) is 31.2 Å². The van der Waals surface area contributed by atoms with Crippen LogP contribution in [0.2, 0.25) is 0 Å². The van der Waals surface area contributed by atoms with Gasteiger partial charge in [-0.15, -0.1) is 10.2 Å². The average molecular weight is 434 g/mol. The summed E-state index contributed by atoms with van der Waals surface area (Å²) < 4.78 is 5.87. The smallest absolute Gasteiger partial charge is 0.297 e. The molecule has 10 heteroatoms. The van der Waals surface area contributed by atoms with Gasteiger partial charge in [0, 0.05) is 12.1 Å². The fourth-order valence-corrected chi connectivity index (χ4v) is 4.51. The molecule has 0 saturated carbocycles. The minimum absolute atomic E-state index is 0.0919. The minimum Gasteiger partial charge on any atom is -0.450 e. The van der Waals surface area contributed by atoms with Crippen LogP contribution in [0.25, 0.3) is 11.0 Å². The number of benzene rings is 2. The molecule has 4 aromatic rings. The van der Waals surface area contributed by atoms with Crippen LogP contribution in [0.3, 0.4) is 0 Å². The maximum Gasteiger partial charge on any atom is 0.297 e. The van der Waals surface area contributed by atoms with Gasteiger partial charge in [0.25, 0.3) is 11.6 Å². The number of anilines is 1. The van der Waals surface area contributed by atoms with Gasteiger partial charge in [-0.2, -0.15) is 0 Å². The number of nitrogens with zero attached hydrogens (tertiary/aromatic N) is 4. The first-order valence-corrected chi connectivity index (χ1v) is 10.1. The van der Waals surface area contributed by atoms with Crippen molar-refractivity contribution in [3.05, 3.63) is 90.3 Å². The van der Waals surface area contributed by atoms with Crippen LogP contribution >= 0.6 is 11.3 Å². The first kappa shape index (κ1) is 19.1. The summed E-state index contributed by atoms with van der Waals surface area (Å²) in [5, 5.41) is 20.7. The second-order valence-corrected chi connectivity index (χ2v) is 8.37. The van der Waals surface area contributed by atoms with Gasteiger partial charge < -0.3 is 4.42 Å². The maximum atomic E-state index is 13.5. The Kier molecular flexibility index (Phi) is 4.19. The van der Waals surface area contributed by atoms with Gasteiger partial charge in [0.15, 0.2) is 5.43 Å². The summed E-state index contributed by atoms with van der Waals surface area (Å²) in [7, 11) is 0. The molecule has 3 heterocycles. The molecule has 0 bridgehead atoms. The molecule has 0 unspecified atom stereocenters. The lowest BCUT2D eigenvalue weighted by molar-refractivity contribution is -0.384. The van der Waals surface area contributed by atoms with E-state index in [-0.39, 0.29) is 27.6 Å². The average Bonchev–Trinajstić information content (AvgIpc) is 3.30. The third-order valence-corrected chi connectivity index (χ3v) is 5.98. The number of carbonyl (C=O) groups excluding carboxylic acids is 1. The molecule has 1 atom stereocenters. The fourth-order valence-electron chi connectivity index (χ4n) is 3.79. The van der Waals surface area contributed by atoms with E-state index >= 15 is 0 Å². The summed E-state index contributed by atoms with van der Waals surface area (Å²) in [5.41, 5.74) is 1.22. The van der Waals surface area contributed by atoms with Gasteiger partial charge in [-0.05, 0) is 31.5 Å². The predicted octanol–water partition coefficient (Wildman–Crippen LogP) is 3.92. The Morgan fingerprint density at radius 1 is 1.13 bits per heavy atom. The number of non-ortho nitro benzene ring substituents is 1. The van der Waals surface area contributed by atoms with Crippen LogP contribution in [0, 0.1) is 24.0 Å². The molecule has 1 amide bonds. The SMILES string of the molecule is Cc1ccc2oc3c(c(=O)c2c1)[C@H](c1cccc([N+](=O)[O-])c1)N(c1nnc(C)s1)C3=O. The zero-order valence-electron chi connectivity index (χ0n) is 16.4. The van der Waals surface area contributed by atoms with Crippen molar-refractivity contribution >= 4 is 39.0 Å². The second kappa shape index (κ2) is 6.81. The number of rotatable bonds is 3. The Hall–Kier alpha value is -3.92. The number of aryl methyl sites for hydroxylation is 2. The van der Waals surface area contributed by atoms with E-state index in [2.05, 4.69) is 10.2 Å². The van der Waals surface area contributed by atoms with Crippen molar-refractivity contribution in [2.45, 2.75) is 19.9 Å². The lowest BCUT2D eigenvalue weighted by Gasteiger charge is -2.21. The Labute approximate surface area is 178 Å². The third kappa shape index (κ3) is 2.91. The molecule has 2 aromatic heterocycles. The van der Waals surface area contributed by atoms with Crippen LogP contribution in [-0.2, 0) is 0 Å². The predicted molar refractivity (Wildman–Crippen MR) is 114 cm³/mol. The van der Waals surface area contributed by atoms with Crippen molar-refractivity contribution in [2.75, 3.05) is 4.90 Å². The highest BCUT2D eigenvalue weighted by Crippen LogP contribution is 2.42. The molecule has 0 spiro atoms. The van der Waals surface area contributed by atoms with E-state index in [0.717, 1.165) is 5.56 Å². The van der Waals surface area contributed by atoms with Gasteiger partial charge in [-0.1, -0.05) is 35.1 Å². The second-order valence-electron chi connectivity index (χ2n) is 7.21. The number of nitro groups is 1. The van der Waals surface area contributed by atoms with E-state index in [1.807, 2.05) is 6.92 Å². The summed E-state index contributed by atoms with van der Waals surface area (Å²) in [6.07, 6.45) is 0. The first-order valence-electron chi connectivity index (χ1n) is 9.30. The number of nitro benzene ring substituents is 1. The van der Waals surface area contributed by atoms with Crippen LogP contribution in [0.4, 0.5) is 10.8 Å². The highest BCUT2D eigenvalue weighted by atomic mass is 32.1. The number of hydrogen-bond donors (Lipinski definition) is 0.